The normalized spacial score (nSPS) is 12.4. The molecular formula is C16H15BrClF2N. The van der Waals surface area contributed by atoms with E-state index in [9.17, 15) is 8.78 Å². The number of nitrogens with one attached hydrogen (secondary N) is 1. The van der Waals surface area contributed by atoms with Crippen molar-refractivity contribution in [1.29, 1.82) is 0 Å². The molecule has 0 heterocycles. The zero-order valence-electron chi connectivity index (χ0n) is 11.5. The standard InChI is InChI=1S/C16H15BrClF2N/c1-2-21-15(12-4-3-5-14(20)16(12)17)9-10-8-11(18)6-7-13(10)19/h3-8,15,21H,2,9H2,1H3. The molecule has 0 aliphatic heterocycles. The van der Waals surface area contributed by atoms with Gasteiger partial charge in [-0.15, -0.1) is 0 Å². The first-order chi connectivity index (χ1) is 10.0. The average Bonchev–Trinajstić information content (AvgIpc) is 2.45. The van der Waals surface area contributed by atoms with Gasteiger partial charge in [-0.3, -0.25) is 0 Å². The van der Waals surface area contributed by atoms with Crippen molar-refractivity contribution < 1.29 is 8.78 Å². The maximum atomic E-state index is 13.9. The number of rotatable bonds is 5. The van der Waals surface area contributed by atoms with Gasteiger partial charge in [-0.1, -0.05) is 30.7 Å². The van der Waals surface area contributed by atoms with E-state index in [-0.39, 0.29) is 17.7 Å². The number of hydrogen-bond donors (Lipinski definition) is 1. The van der Waals surface area contributed by atoms with Gasteiger partial charge in [-0.2, -0.15) is 0 Å². The molecule has 0 amide bonds. The van der Waals surface area contributed by atoms with Crippen molar-refractivity contribution in [3.05, 3.63) is 68.7 Å². The SMILES string of the molecule is CCNC(Cc1cc(Cl)ccc1F)c1cccc(F)c1Br. The fourth-order valence-corrected chi connectivity index (χ4v) is 2.98. The average molecular weight is 375 g/mol. The highest BCUT2D eigenvalue weighted by atomic mass is 79.9. The van der Waals surface area contributed by atoms with Crippen LogP contribution in [0.5, 0.6) is 0 Å². The largest absolute Gasteiger partial charge is 0.310 e. The van der Waals surface area contributed by atoms with Gasteiger partial charge < -0.3 is 5.32 Å². The van der Waals surface area contributed by atoms with Crippen LogP contribution in [0.25, 0.3) is 0 Å². The third-order valence-corrected chi connectivity index (χ3v) is 4.31. The lowest BCUT2D eigenvalue weighted by Gasteiger charge is -2.20. The van der Waals surface area contributed by atoms with Crippen LogP contribution in [0.4, 0.5) is 8.78 Å². The lowest BCUT2D eigenvalue weighted by atomic mass is 9.98. The molecule has 0 saturated carbocycles. The fraction of sp³-hybridized carbons (Fsp3) is 0.250. The molecule has 1 N–H and O–H groups in total. The number of hydrogen-bond acceptors (Lipinski definition) is 1. The lowest BCUT2D eigenvalue weighted by Crippen LogP contribution is -2.24. The summed E-state index contributed by atoms with van der Waals surface area (Å²) in [7, 11) is 0. The summed E-state index contributed by atoms with van der Waals surface area (Å²) in [6.45, 7) is 2.64. The first-order valence-electron chi connectivity index (χ1n) is 6.64. The molecule has 2 rings (SSSR count). The van der Waals surface area contributed by atoms with E-state index >= 15 is 0 Å². The molecule has 0 aliphatic carbocycles. The molecule has 21 heavy (non-hydrogen) atoms. The number of halogens is 4. The van der Waals surface area contributed by atoms with Crippen LogP contribution in [-0.4, -0.2) is 6.54 Å². The molecule has 2 aromatic carbocycles. The third-order valence-electron chi connectivity index (χ3n) is 3.24. The van der Waals surface area contributed by atoms with Crippen molar-refractivity contribution in [2.45, 2.75) is 19.4 Å². The molecule has 5 heteroatoms. The Kier molecular flexibility index (Phi) is 5.73. The van der Waals surface area contributed by atoms with Crippen LogP contribution < -0.4 is 5.32 Å². The van der Waals surface area contributed by atoms with Crippen LogP contribution in [-0.2, 0) is 6.42 Å². The van der Waals surface area contributed by atoms with Crippen LogP contribution >= 0.6 is 27.5 Å². The van der Waals surface area contributed by atoms with E-state index in [2.05, 4.69) is 21.2 Å². The Labute approximate surface area is 136 Å². The van der Waals surface area contributed by atoms with Gasteiger partial charge in [-0.25, -0.2) is 8.78 Å². The van der Waals surface area contributed by atoms with Gasteiger partial charge in [-0.05, 0) is 64.3 Å². The highest BCUT2D eigenvalue weighted by Gasteiger charge is 2.18. The minimum atomic E-state index is -0.332. The molecule has 1 atom stereocenters. The minimum absolute atomic E-state index is 0.201. The van der Waals surface area contributed by atoms with E-state index in [0.717, 1.165) is 5.56 Å². The van der Waals surface area contributed by atoms with Crippen molar-refractivity contribution in [2.24, 2.45) is 0 Å². The van der Waals surface area contributed by atoms with Gasteiger partial charge in [0.1, 0.15) is 11.6 Å². The van der Waals surface area contributed by atoms with Gasteiger partial charge in [0.05, 0.1) is 4.47 Å². The van der Waals surface area contributed by atoms with Gasteiger partial charge in [0, 0.05) is 11.1 Å². The molecule has 0 bridgehead atoms. The minimum Gasteiger partial charge on any atom is -0.310 e. The Morgan fingerprint density at radius 2 is 1.95 bits per heavy atom. The maximum Gasteiger partial charge on any atom is 0.137 e. The van der Waals surface area contributed by atoms with Crippen molar-refractivity contribution >= 4 is 27.5 Å². The van der Waals surface area contributed by atoms with E-state index in [1.807, 2.05) is 13.0 Å². The predicted octanol–water partition coefficient (Wildman–Crippen LogP) is 5.27. The molecule has 1 nitrogen and oxygen atoms in total. The van der Waals surface area contributed by atoms with Crippen molar-refractivity contribution in [1.82, 2.24) is 5.32 Å². The first-order valence-corrected chi connectivity index (χ1v) is 7.81. The topological polar surface area (TPSA) is 12.0 Å². The molecule has 0 radical (unpaired) electrons. The third kappa shape index (κ3) is 4.02. The van der Waals surface area contributed by atoms with Crippen LogP contribution in [0.2, 0.25) is 5.02 Å². The van der Waals surface area contributed by atoms with Gasteiger partial charge in [0.25, 0.3) is 0 Å². The van der Waals surface area contributed by atoms with Crippen LogP contribution in [0.3, 0.4) is 0 Å². The van der Waals surface area contributed by atoms with E-state index in [4.69, 9.17) is 11.6 Å². The van der Waals surface area contributed by atoms with Gasteiger partial charge in [0.15, 0.2) is 0 Å². The summed E-state index contributed by atoms with van der Waals surface area (Å²) in [5.74, 6) is -0.642. The molecule has 1 unspecified atom stereocenters. The monoisotopic (exact) mass is 373 g/mol. The first kappa shape index (κ1) is 16.4. The predicted molar refractivity (Wildman–Crippen MR) is 85.6 cm³/mol. The maximum absolute atomic E-state index is 13.9. The quantitative estimate of drug-likeness (QED) is 0.751. The van der Waals surface area contributed by atoms with Crippen molar-refractivity contribution in [2.75, 3.05) is 6.54 Å². The fourth-order valence-electron chi connectivity index (χ4n) is 2.25. The summed E-state index contributed by atoms with van der Waals surface area (Å²) >= 11 is 9.19. The summed E-state index contributed by atoms with van der Waals surface area (Å²) in [4.78, 5) is 0. The summed E-state index contributed by atoms with van der Waals surface area (Å²) in [5.41, 5.74) is 1.26. The second kappa shape index (κ2) is 7.34. The lowest BCUT2D eigenvalue weighted by molar-refractivity contribution is 0.521. The summed E-state index contributed by atoms with van der Waals surface area (Å²) in [6.07, 6.45) is 0.391. The summed E-state index contributed by atoms with van der Waals surface area (Å²) in [6, 6.07) is 9.12. The van der Waals surface area contributed by atoms with Gasteiger partial charge >= 0.3 is 0 Å². The Balaban J connectivity index is 2.35. The summed E-state index contributed by atoms with van der Waals surface area (Å²) < 4.78 is 28.0. The molecule has 0 aromatic heterocycles. The smallest absolute Gasteiger partial charge is 0.137 e. The molecule has 0 spiro atoms. The molecule has 112 valence electrons. The van der Waals surface area contributed by atoms with E-state index in [0.29, 0.717) is 28.0 Å². The molecule has 2 aromatic rings. The highest BCUT2D eigenvalue weighted by Crippen LogP contribution is 2.29. The zero-order valence-corrected chi connectivity index (χ0v) is 13.8. The zero-order chi connectivity index (χ0) is 15.4. The van der Waals surface area contributed by atoms with Crippen molar-refractivity contribution in [3.8, 4) is 0 Å². The van der Waals surface area contributed by atoms with Crippen LogP contribution in [0.15, 0.2) is 40.9 Å². The van der Waals surface area contributed by atoms with Crippen LogP contribution in [0.1, 0.15) is 24.1 Å². The molecule has 0 aliphatic rings. The molecule has 0 saturated heterocycles. The van der Waals surface area contributed by atoms with E-state index < -0.39 is 0 Å². The summed E-state index contributed by atoms with van der Waals surface area (Å²) in [5, 5.41) is 3.74. The highest BCUT2D eigenvalue weighted by molar-refractivity contribution is 9.10. The van der Waals surface area contributed by atoms with Crippen molar-refractivity contribution in [3.63, 3.8) is 0 Å². The Hall–Kier alpha value is -0.970. The number of benzene rings is 2. The second-order valence-electron chi connectivity index (χ2n) is 4.69. The second-order valence-corrected chi connectivity index (χ2v) is 5.92. The Bertz CT molecular complexity index is 634. The van der Waals surface area contributed by atoms with E-state index in [1.165, 1.54) is 18.2 Å². The van der Waals surface area contributed by atoms with E-state index in [1.54, 1.807) is 12.1 Å². The molecular weight excluding hydrogens is 360 g/mol. The molecule has 0 fully saturated rings. The Morgan fingerprint density at radius 1 is 1.19 bits per heavy atom. The Morgan fingerprint density at radius 3 is 2.67 bits per heavy atom. The number of likely N-dealkylation sites (N-methyl/N-ethyl adjacent to an activating group) is 1. The van der Waals surface area contributed by atoms with Crippen LogP contribution in [0, 0.1) is 11.6 Å². The van der Waals surface area contributed by atoms with Gasteiger partial charge in [0.2, 0.25) is 0 Å².